The molecule has 2 heterocycles. The van der Waals surface area contributed by atoms with Gasteiger partial charge in [0.15, 0.2) is 5.69 Å². The van der Waals surface area contributed by atoms with Crippen LogP contribution in [0.1, 0.15) is 43.5 Å². The van der Waals surface area contributed by atoms with Gasteiger partial charge in [-0.1, -0.05) is 43.8 Å². The fourth-order valence-electron chi connectivity index (χ4n) is 3.55. The molecule has 1 aromatic carbocycles. The fourth-order valence-corrected chi connectivity index (χ4v) is 3.55. The maximum atomic E-state index is 12.9. The third-order valence-electron chi connectivity index (χ3n) is 5.02. The first-order valence-electron chi connectivity index (χ1n) is 9.48. The fraction of sp³-hybridized carbons (Fsp3) is 0.364. The molecule has 6 nitrogen and oxygen atoms in total. The number of ether oxygens (including phenoxy) is 1. The summed E-state index contributed by atoms with van der Waals surface area (Å²) in [6, 6.07) is 12.2. The Kier molecular flexibility index (Phi) is 6.38. The van der Waals surface area contributed by atoms with Gasteiger partial charge >= 0.3 is 0 Å². The molecule has 1 aromatic heterocycles. The molecule has 144 valence electrons. The largest absolute Gasteiger partial charge is 0.477 e. The highest BCUT2D eigenvalue weighted by Gasteiger charge is 2.35. The van der Waals surface area contributed by atoms with E-state index < -0.39 is 0 Å². The van der Waals surface area contributed by atoms with Crippen LogP contribution in [-0.4, -0.2) is 33.9 Å². The van der Waals surface area contributed by atoms with Crippen LogP contribution < -0.4 is 4.74 Å². The van der Waals surface area contributed by atoms with Crippen LogP contribution in [0.4, 0.5) is 0 Å². The molecule has 1 aliphatic heterocycles. The molecule has 1 saturated heterocycles. The van der Waals surface area contributed by atoms with E-state index in [0.717, 1.165) is 13.0 Å². The minimum atomic E-state index is 0.0244. The Balaban J connectivity index is 1.51. The standard InChI is InChI=1S/C22H24N4O2/c1-16-10-11-26(21(16)18-8-4-3-5-9-18)22(27)17(2)7-6-12-28-20-15-24-19(13-23)14-25-20/h3-5,8-9,14-16,21H,2,6-7,10-12H2,1H3. The van der Waals surface area contributed by atoms with Crippen LogP contribution in [0.3, 0.4) is 0 Å². The van der Waals surface area contributed by atoms with E-state index in [1.807, 2.05) is 29.2 Å². The zero-order valence-corrected chi connectivity index (χ0v) is 16.0. The van der Waals surface area contributed by atoms with Crippen LogP contribution in [0.2, 0.25) is 0 Å². The second-order valence-corrected chi connectivity index (χ2v) is 7.03. The molecule has 2 atom stereocenters. The Morgan fingerprint density at radius 2 is 2.11 bits per heavy atom. The number of amides is 1. The van der Waals surface area contributed by atoms with Crippen LogP contribution >= 0.6 is 0 Å². The number of nitrogens with zero attached hydrogens (tertiary/aromatic N) is 4. The molecule has 3 rings (SSSR count). The van der Waals surface area contributed by atoms with E-state index in [1.165, 1.54) is 18.0 Å². The molecule has 2 unspecified atom stereocenters. The van der Waals surface area contributed by atoms with Gasteiger partial charge in [0.1, 0.15) is 6.07 Å². The molecule has 0 bridgehead atoms. The maximum Gasteiger partial charge on any atom is 0.249 e. The van der Waals surface area contributed by atoms with E-state index in [2.05, 4.69) is 35.6 Å². The van der Waals surface area contributed by atoms with Crippen LogP contribution in [0.5, 0.6) is 5.88 Å². The first kappa shape index (κ1) is 19.6. The monoisotopic (exact) mass is 376 g/mol. The topological polar surface area (TPSA) is 79.1 Å². The van der Waals surface area contributed by atoms with Gasteiger partial charge in [0.2, 0.25) is 11.8 Å². The normalized spacial score (nSPS) is 18.5. The lowest BCUT2D eigenvalue weighted by molar-refractivity contribution is -0.128. The zero-order chi connectivity index (χ0) is 19.9. The third kappa shape index (κ3) is 4.55. The third-order valence-corrected chi connectivity index (χ3v) is 5.02. The minimum Gasteiger partial charge on any atom is -0.477 e. The number of hydrogen-bond acceptors (Lipinski definition) is 5. The van der Waals surface area contributed by atoms with Gasteiger partial charge in [-0.05, 0) is 30.7 Å². The van der Waals surface area contributed by atoms with E-state index in [-0.39, 0.29) is 17.6 Å². The lowest BCUT2D eigenvalue weighted by Crippen LogP contribution is -2.32. The zero-order valence-electron chi connectivity index (χ0n) is 16.0. The lowest BCUT2D eigenvalue weighted by atomic mass is 9.95. The van der Waals surface area contributed by atoms with Crippen molar-refractivity contribution in [3.8, 4) is 11.9 Å². The summed E-state index contributed by atoms with van der Waals surface area (Å²) < 4.78 is 5.52. The Morgan fingerprint density at radius 1 is 1.32 bits per heavy atom. The predicted octanol–water partition coefficient (Wildman–Crippen LogP) is 3.67. The Labute approximate surface area is 165 Å². The van der Waals surface area contributed by atoms with Crippen LogP contribution in [0.15, 0.2) is 54.9 Å². The van der Waals surface area contributed by atoms with Gasteiger partial charge in [0, 0.05) is 12.1 Å². The highest BCUT2D eigenvalue weighted by Crippen LogP contribution is 2.37. The van der Waals surface area contributed by atoms with Crippen LogP contribution in [0.25, 0.3) is 0 Å². The Hall–Kier alpha value is -3.20. The van der Waals surface area contributed by atoms with Gasteiger partial charge in [0.05, 0.1) is 25.0 Å². The number of carbonyl (C=O) groups is 1. The molecule has 0 N–H and O–H groups in total. The molecule has 0 spiro atoms. The number of rotatable bonds is 7. The summed E-state index contributed by atoms with van der Waals surface area (Å²) in [6.45, 7) is 7.37. The van der Waals surface area contributed by atoms with E-state index in [4.69, 9.17) is 10.00 Å². The second kappa shape index (κ2) is 9.14. The highest BCUT2D eigenvalue weighted by molar-refractivity contribution is 5.93. The van der Waals surface area contributed by atoms with Crippen LogP contribution in [0, 0.1) is 17.2 Å². The molecule has 0 saturated carbocycles. The van der Waals surface area contributed by atoms with Crippen molar-refractivity contribution in [3.05, 3.63) is 66.1 Å². The molecule has 1 aliphatic rings. The number of hydrogen-bond donors (Lipinski definition) is 0. The van der Waals surface area contributed by atoms with Gasteiger partial charge in [0.25, 0.3) is 0 Å². The summed E-state index contributed by atoms with van der Waals surface area (Å²) >= 11 is 0. The van der Waals surface area contributed by atoms with E-state index in [1.54, 1.807) is 0 Å². The summed E-state index contributed by atoms with van der Waals surface area (Å²) in [4.78, 5) is 22.8. The average molecular weight is 376 g/mol. The smallest absolute Gasteiger partial charge is 0.249 e. The number of carbonyl (C=O) groups excluding carboxylic acids is 1. The molecule has 1 amide bonds. The first-order valence-corrected chi connectivity index (χ1v) is 9.48. The van der Waals surface area contributed by atoms with Crippen molar-refractivity contribution in [2.45, 2.75) is 32.2 Å². The maximum absolute atomic E-state index is 12.9. The molecule has 0 aliphatic carbocycles. The summed E-state index contributed by atoms with van der Waals surface area (Å²) in [5.74, 6) is 0.822. The van der Waals surface area contributed by atoms with Crippen molar-refractivity contribution in [1.29, 1.82) is 5.26 Å². The average Bonchev–Trinajstić information content (AvgIpc) is 3.12. The van der Waals surface area contributed by atoms with Crippen molar-refractivity contribution < 1.29 is 9.53 Å². The quantitative estimate of drug-likeness (QED) is 0.544. The highest BCUT2D eigenvalue weighted by atomic mass is 16.5. The SMILES string of the molecule is C=C(CCCOc1cnc(C#N)cn1)C(=O)N1CCC(C)C1c1ccccc1. The van der Waals surface area contributed by atoms with Crippen molar-refractivity contribution in [1.82, 2.24) is 14.9 Å². The van der Waals surface area contributed by atoms with Gasteiger partial charge < -0.3 is 9.64 Å². The number of benzene rings is 1. The van der Waals surface area contributed by atoms with Crippen LogP contribution in [-0.2, 0) is 4.79 Å². The van der Waals surface area contributed by atoms with Gasteiger partial charge in [-0.25, -0.2) is 9.97 Å². The summed E-state index contributed by atoms with van der Waals surface area (Å²) in [5.41, 5.74) is 2.03. The van der Waals surface area contributed by atoms with Gasteiger partial charge in [-0.3, -0.25) is 4.79 Å². The van der Waals surface area contributed by atoms with E-state index >= 15 is 0 Å². The molecular weight excluding hydrogens is 352 g/mol. The van der Waals surface area contributed by atoms with Crippen molar-refractivity contribution >= 4 is 5.91 Å². The molecule has 2 aromatic rings. The molecule has 0 radical (unpaired) electrons. The molecule has 6 heteroatoms. The predicted molar refractivity (Wildman–Crippen MR) is 105 cm³/mol. The molecule has 28 heavy (non-hydrogen) atoms. The van der Waals surface area contributed by atoms with Gasteiger partial charge in [-0.2, -0.15) is 5.26 Å². The summed E-state index contributed by atoms with van der Waals surface area (Å²) in [5, 5.41) is 8.71. The minimum absolute atomic E-state index is 0.0244. The Morgan fingerprint density at radius 3 is 2.79 bits per heavy atom. The Bertz CT molecular complexity index is 858. The van der Waals surface area contributed by atoms with E-state index in [0.29, 0.717) is 36.8 Å². The van der Waals surface area contributed by atoms with E-state index in [9.17, 15) is 4.79 Å². The first-order chi connectivity index (χ1) is 13.6. The molecule has 1 fully saturated rings. The lowest BCUT2D eigenvalue weighted by Gasteiger charge is -2.28. The van der Waals surface area contributed by atoms with Gasteiger partial charge in [-0.15, -0.1) is 0 Å². The van der Waals surface area contributed by atoms with Crippen molar-refractivity contribution in [2.24, 2.45) is 5.92 Å². The van der Waals surface area contributed by atoms with Crippen molar-refractivity contribution in [2.75, 3.05) is 13.2 Å². The summed E-state index contributed by atoms with van der Waals surface area (Å²) in [6.07, 6.45) is 5.02. The number of aromatic nitrogens is 2. The summed E-state index contributed by atoms with van der Waals surface area (Å²) in [7, 11) is 0. The second-order valence-electron chi connectivity index (χ2n) is 7.03. The van der Waals surface area contributed by atoms with Crippen molar-refractivity contribution in [3.63, 3.8) is 0 Å². The number of nitriles is 1. The number of likely N-dealkylation sites (tertiary alicyclic amines) is 1. The molecular formula is C22H24N4O2.